The quantitative estimate of drug-likeness (QED) is 0.875. The van der Waals surface area contributed by atoms with Gasteiger partial charge in [-0.2, -0.15) is 5.26 Å². The second-order valence-corrected chi connectivity index (χ2v) is 7.38. The number of amides is 2. The lowest BCUT2D eigenvalue weighted by Crippen LogP contribution is -2.46. The van der Waals surface area contributed by atoms with Crippen LogP contribution in [0.25, 0.3) is 0 Å². The molecule has 144 valence electrons. The lowest BCUT2D eigenvalue weighted by Gasteiger charge is -2.33. The van der Waals surface area contributed by atoms with E-state index in [1.54, 1.807) is 19.1 Å². The molecule has 1 aliphatic carbocycles. The average molecular weight is 370 g/mol. The molecule has 7 heteroatoms. The van der Waals surface area contributed by atoms with Crippen LogP contribution in [0.1, 0.15) is 51.0 Å². The fourth-order valence-corrected chi connectivity index (χ4v) is 3.79. The largest absolute Gasteiger partial charge is 0.474 e. The lowest BCUT2D eigenvalue weighted by molar-refractivity contribution is -0.134. The Kier molecular flexibility index (Phi) is 6.28. The standard InChI is InChI=1S/C20H26N4O3/c1-14(25)24-10-8-16(9-11-24)20(26)23-17-3-5-18(6-4-17)27-19-7-2-15(12-21)13-22-19/h2,7,13,16-18H,3-6,8-11H2,1H3,(H,23,26). The number of pyridine rings is 1. The average Bonchev–Trinajstić information content (AvgIpc) is 2.70. The van der Waals surface area contributed by atoms with Crippen LogP contribution in [0.2, 0.25) is 0 Å². The molecule has 0 aromatic carbocycles. The number of carbonyl (C=O) groups is 2. The SMILES string of the molecule is CC(=O)N1CCC(C(=O)NC2CCC(Oc3ccc(C#N)cn3)CC2)CC1. The van der Waals surface area contributed by atoms with E-state index in [-0.39, 0.29) is 29.9 Å². The van der Waals surface area contributed by atoms with Crippen LogP contribution < -0.4 is 10.1 Å². The van der Waals surface area contributed by atoms with Gasteiger partial charge < -0.3 is 15.0 Å². The highest BCUT2D eigenvalue weighted by atomic mass is 16.5. The summed E-state index contributed by atoms with van der Waals surface area (Å²) >= 11 is 0. The summed E-state index contributed by atoms with van der Waals surface area (Å²) in [4.78, 5) is 29.8. The zero-order chi connectivity index (χ0) is 19.2. The minimum atomic E-state index is 0.0115. The van der Waals surface area contributed by atoms with Gasteiger partial charge in [0.2, 0.25) is 17.7 Å². The molecule has 2 heterocycles. The van der Waals surface area contributed by atoms with Gasteiger partial charge in [0.15, 0.2) is 0 Å². The molecule has 2 aliphatic rings. The third-order valence-corrected chi connectivity index (χ3v) is 5.48. The Morgan fingerprint density at radius 3 is 2.44 bits per heavy atom. The van der Waals surface area contributed by atoms with Crippen molar-refractivity contribution in [2.75, 3.05) is 13.1 Å². The highest BCUT2D eigenvalue weighted by Gasteiger charge is 2.29. The number of ether oxygens (including phenoxy) is 1. The number of hydrogen-bond donors (Lipinski definition) is 1. The number of rotatable bonds is 4. The number of nitrogens with zero attached hydrogens (tertiary/aromatic N) is 3. The Morgan fingerprint density at radius 2 is 1.89 bits per heavy atom. The second kappa shape index (κ2) is 8.85. The van der Waals surface area contributed by atoms with Gasteiger partial charge in [-0.25, -0.2) is 4.98 Å². The van der Waals surface area contributed by atoms with Crippen molar-refractivity contribution < 1.29 is 14.3 Å². The minimum absolute atomic E-state index is 0.0115. The van der Waals surface area contributed by atoms with E-state index in [0.717, 1.165) is 38.5 Å². The molecule has 1 aromatic rings. The number of aromatic nitrogens is 1. The van der Waals surface area contributed by atoms with Crippen molar-refractivity contribution in [3.05, 3.63) is 23.9 Å². The van der Waals surface area contributed by atoms with Crippen LogP contribution in [0.4, 0.5) is 0 Å². The fourth-order valence-electron chi connectivity index (χ4n) is 3.79. The van der Waals surface area contributed by atoms with E-state index in [1.807, 2.05) is 11.0 Å². The Balaban J connectivity index is 1.39. The van der Waals surface area contributed by atoms with Crippen molar-refractivity contribution in [1.29, 1.82) is 5.26 Å². The van der Waals surface area contributed by atoms with Gasteiger partial charge in [-0.3, -0.25) is 9.59 Å². The number of piperidine rings is 1. The zero-order valence-electron chi connectivity index (χ0n) is 15.7. The molecule has 1 N–H and O–H groups in total. The smallest absolute Gasteiger partial charge is 0.223 e. The molecule has 0 radical (unpaired) electrons. The maximum absolute atomic E-state index is 12.5. The first kappa shape index (κ1) is 19.2. The van der Waals surface area contributed by atoms with Gasteiger partial charge in [-0.1, -0.05) is 0 Å². The van der Waals surface area contributed by atoms with Crippen molar-refractivity contribution in [1.82, 2.24) is 15.2 Å². The zero-order valence-corrected chi connectivity index (χ0v) is 15.7. The maximum Gasteiger partial charge on any atom is 0.223 e. The Morgan fingerprint density at radius 1 is 1.19 bits per heavy atom. The topological polar surface area (TPSA) is 95.3 Å². The maximum atomic E-state index is 12.5. The molecule has 0 spiro atoms. The molecule has 7 nitrogen and oxygen atoms in total. The molecule has 0 atom stereocenters. The first-order valence-corrected chi connectivity index (χ1v) is 9.64. The predicted octanol–water partition coefficient (Wildman–Crippen LogP) is 2.02. The molecular formula is C20H26N4O3. The molecule has 1 saturated carbocycles. The van der Waals surface area contributed by atoms with Crippen LogP contribution in [0.15, 0.2) is 18.3 Å². The van der Waals surface area contributed by atoms with Crippen LogP contribution in [0.3, 0.4) is 0 Å². The normalized spacial score (nSPS) is 23.3. The van der Waals surface area contributed by atoms with E-state index in [2.05, 4.69) is 10.3 Å². The minimum Gasteiger partial charge on any atom is -0.474 e. The summed E-state index contributed by atoms with van der Waals surface area (Å²) in [6, 6.07) is 5.65. The van der Waals surface area contributed by atoms with Crippen molar-refractivity contribution >= 4 is 11.8 Å². The van der Waals surface area contributed by atoms with Crippen LogP contribution in [0, 0.1) is 17.2 Å². The molecule has 1 saturated heterocycles. The van der Waals surface area contributed by atoms with E-state index in [4.69, 9.17) is 10.00 Å². The van der Waals surface area contributed by atoms with Gasteiger partial charge in [-0.15, -0.1) is 0 Å². The van der Waals surface area contributed by atoms with Crippen LogP contribution in [0.5, 0.6) is 5.88 Å². The Bertz CT molecular complexity index is 697. The number of nitriles is 1. The van der Waals surface area contributed by atoms with Crippen molar-refractivity contribution in [2.45, 2.75) is 57.6 Å². The molecule has 0 bridgehead atoms. The van der Waals surface area contributed by atoms with Crippen molar-refractivity contribution in [3.63, 3.8) is 0 Å². The molecule has 3 rings (SSSR count). The molecular weight excluding hydrogens is 344 g/mol. The summed E-state index contributed by atoms with van der Waals surface area (Å²) in [5.41, 5.74) is 0.517. The summed E-state index contributed by atoms with van der Waals surface area (Å²) in [5, 5.41) is 12.0. The third-order valence-electron chi connectivity index (χ3n) is 5.48. The highest BCUT2D eigenvalue weighted by Crippen LogP contribution is 2.24. The van der Waals surface area contributed by atoms with Gasteiger partial charge in [0, 0.05) is 44.2 Å². The summed E-state index contributed by atoms with van der Waals surface area (Å²) in [5.74, 6) is 0.761. The number of nitrogens with one attached hydrogen (secondary N) is 1. The number of carbonyl (C=O) groups excluding carboxylic acids is 2. The van der Waals surface area contributed by atoms with Crippen LogP contribution >= 0.6 is 0 Å². The van der Waals surface area contributed by atoms with Crippen molar-refractivity contribution in [3.8, 4) is 11.9 Å². The third kappa shape index (κ3) is 5.19. The molecule has 2 fully saturated rings. The summed E-state index contributed by atoms with van der Waals surface area (Å²) in [6.45, 7) is 2.92. The number of likely N-dealkylation sites (tertiary alicyclic amines) is 1. The summed E-state index contributed by atoms with van der Waals surface area (Å²) in [7, 11) is 0. The van der Waals surface area contributed by atoms with E-state index < -0.39 is 0 Å². The van der Waals surface area contributed by atoms with Crippen molar-refractivity contribution in [2.24, 2.45) is 5.92 Å². The van der Waals surface area contributed by atoms with Gasteiger partial charge in [0.05, 0.1) is 5.56 Å². The molecule has 27 heavy (non-hydrogen) atoms. The lowest BCUT2D eigenvalue weighted by atomic mass is 9.91. The number of hydrogen-bond acceptors (Lipinski definition) is 5. The van der Waals surface area contributed by atoms with Crippen LogP contribution in [-0.2, 0) is 9.59 Å². The van der Waals surface area contributed by atoms with Crippen LogP contribution in [-0.4, -0.2) is 46.9 Å². The highest BCUT2D eigenvalue weighted by molar-refractivity contribution is 5.79. The van der Waals surface area contributed by atoms with E-state index >= 15 is 0 Å². The molecule has 1 aromatic heterocycles. The van der Waals surface area contributed by atoms with E-state index in [0.29, 0.717) is 24.5 Å². The van der Waals surface area contributed by atoms with Gasteiger partial charge in [-0.05, 0) is 44.6 Å². The molecule has 1 aliphatic heterocycles. The summed E-state index contributed by atoms with van der Waals surface area (Å²) < 4.78 is 5.89. The first-order chi connectivity index (χ1) is 13.0. The first-order valence-electron chi connectivity index (χ1n) is 9.64. The monoisotopic (exact) mass is 370 g/mol. The fraction of sp³-hybridized carbons (Fsp3) is 0.600. The van der Waals surface area contributed by atoms with Gasteiger partial charge >= 0.3 is 0 Å². The Labute approximate surface area is 159 Å². The molecule has 0 unspecified atom stereocenters. The van der Waals surface area contributed by atoms with E-state index in [1.165, 1.54) is 6.20 Å². The molecule has 2 amide bonds. The van der Waals surface area contributed by atoms with Gasteiger partial charge in [0.1, 0.15) is 12.2 Å². The Hall–Kier alpha value is -2.62. The summed E-state index contributed by atoms with van der Waals surface area (Å²) in [6.07, 6.45) is 6.61. The second-order valence-electron chi connectivity index (χ2n) is 7.38. The predicted molar refractivity (Wildman–Crippen MR) is 98.7 cm³/mol. The van der Waals surface area contributed by atoms with Gasteiger partial charge in [0.25, 0.3) is 0 Å². The van der Waals surface area contributed by atoms with E-state index in [9.17, 15) is 9.59 Å².